The number of hydrogen-bond donors (Lipinski definition) is 1. The smallest absolute Gasteiger partial charge is 0.263 e. The summed E-state index contributed by atoms with van der Waals surface area (Å²) in [5, 5.41) is 15.5. The largest absolute Gasteiger partial charge is 0.315 e. The molecule has 1 N–H and O–H groups in total. The zero-order valence-corrected chi connectivity index (χ0v) is 18.2. The monoisotopic (exact) mass is 446 g/mol. The second-order valence-electron chi connectivity index (χ2n) is 7.45. The third-order valence-electron chi connectivity index (χ3n) is 5.50. The fraction of sp³-hybridized carbons (Fsp3) is 0.217. The summed E-state index contributed by atoms with van der Waals surface area (Å²) in [4.78, 5) is 32.1. The normalized spacial score (nSPS) is 13.0. The highest BCUT2D eigenvalue weighted by Crippen LogP contribution is 2.37. The van der Waals surface area contributed by atoms with Crippen molar-refractivity contribution in [3.63, 3.8) is 0 Å². The molecule has 8 heteroatoms. The van der Waals surface area contributed by atoms with Crippen LogP contribution in [0.15, 0.2) is 46.8 Å². The van der Waals surface area contributed by atoms with E-state index in [1.54, 1.807) is 0 Å². The van der Waals surface area contributed by atoms with Crippen molar-refractivity contribution >= 4 is 43.8 Å². The lowest BCUT2D eigenvalue weighted by molar-refractivity contribution is -0.116. The molecule has 5 rings (SSSR count). The van der Waals surface area contributed by atoms with Crippen LogP contribution in [-0.2, 0) is 24.2 Å². The van der Waals surface area contributed by atoms with Crippen molar-refractivity contribution in [3.05, 3.63) is 68.4 Å². The van der Waals surface area contributed by atoms with E-state index < -0.39 is 0 Å². The number of benzene rings is 1. The van der Waals surface area contributed by atoms with Crippen LogP contribution in [0.3, 0.4) is 0 Å². The lowest BCUT2D eigenvalue weighted by Gasteiger charge is -2.09. The number of carbonyl (C=O) groups is 1. The molecule has 4 aromatic rings. The van der Waals surface area contributed by atoms with Crippen molar-refractivity contribution in [1.29, 1.82) is 5.26 Å². The zero-order chi connectivity index (χ0) is 21.4. The Labute approximate surface area is 186 Å². The molecule has 1 aliphatic rings. The van der Waals surface area contributed by atoms with E-state index in [1.165, 1.54) is 38.4 Å². The number of rotatable bonds is 4. The van der Waals surface area contributed by atoms with Gasteiger partial charge in [0, 0.05) is 15.8 Å². The first kappa shape index (κ1) is 19.7. The molecule has 0 radical (unpaired) electrons. The van der Waals surface area contributed by atoms with Crippen LogP contribution in [0.5, 0.6) is 0 Å². The molecule has 0 fully saturated rings. The second kappa shape index (κ2) is 8.10. The minimum atomic E-state index is -0.338. The van der Waals surface area contributed by atoms with Crippen LogP contribution in [0.2, 0.25) is 0 Å². The van der Waals surface area contributed by atoms with E-state index in [2.05, 4.69) is 16.4 Å². The van der Waals surface area contributed by atoms with Gasteiger partial charge in [-0.1, -0.05) is 30.3 Å². The number of fused-ring (bicyclic) bond motifs is 2. The molecular formula is C23H18N4O2S2. The number of aryl methyl sites for hydroxylation is 1. The van der Waals surface area contributed by atoms with Gasteiger partial charge in [0.1, 0.15) is 22.4 Å². The summed E-state index contributed by atoms with van der Waals surface area (Å²) < 4.78 is 1.33. The summed E-state index contributed by atoms with van der Waals surface area (Å²) in [7, 11) is 0. The molecule has 0 saturated carbocycles. The van der Waals surface area contributed by atoms with E-state index in [0.29, 0.717) is 20.8 Å². The van der Waals surface area contributed by atoms with Gasteiger partial charge in [-0.15, -0.1) is 22.7 Å². The maximum absolute atomic E-state index is 13.2. The number of nitriles is 1. The van der Waals surface area contributed by atoms with Crippen LogP contribution in [-0.4, -0.2) is 15.5 Å². The van der Waals surface area contributed by atoms with Crippen LogP contribution >= 0.6 is 22.7 Å². The number of hydrogen-bond acceptors (Lipinski definition) is 6. The summed E-state index contributed by atoms with van der Waals surface area (Å²) >= 11 is 2.89. The van der Waals surface area contributed by atoms with Crippen LogP contribution in [0.1, 0.15) is 28.8 Å². The highest BCUT2D eigenvalue weighted by atomic mass is 32.1. The summed E-state index contributed by atoms with van der Waals surface area (Å²) in [5.41, 5.74) is 3.16. The summed E-state index contributed by atoms with van der Waals surface area (Å²) in [6.07, 6.45) is 5.42. The molecule has 0 saturated heterocycles. The molecular weight excluding hydrogens is 428 g/mol. The minimum Gasteiger partial charge on any atom is -0.315 e. The van der Waals surface area contributed by atoms with Gasteiger partial charge >= 0.3 is 0 Å². The van der Waals surface area contributed by atoms with Gasteiger partial charge in [-0.3, -0.25) is 14.2 Å². The van der Waals surface area contributed by atoms with Crippen LogP contribution in [0.25, 0.3) is 21.3 Å². The van der Waals surface area contributed by atoms with Gasteiger partial charge in [-0.2, -0.15) is 5.26 Å². The molecule has 0 spiro atoms. The van der Waals surface area contributed by atoms with Crippen LogP contribution in [0.4, 0.5) is 5.00 Å². The summed E-state index contributed by atoms with van der Waals surface area (Å²) in [6.45, 7) is -0.153. The Bertz CT molecular complexity index is 1390. The molecule has 31 heavy (non-hydrogen) atoms. The highest BCUT2D eigenvalue weighted by Gasteiger charge is 2.22. The summed E-state index contributed by atoms with van der Waals surface area (Å²) in [6, 6.07) is 11.9. The predicted molar refractivity (Wildman–Crippen MR) is 124 cm³/mol. The SMILES string of the molecule is N#Cc1c(NC(=O)Cn2cnc3scc(-c4ccccc4)c3c2=O)sc2c1CCCC2. The molecule has 1 aromatic carbocycles. The maximum Gasteiger partial charge on any atom is 0.263 e. The number of nitrogens with zero attached hydrogens (tertiary/aromatic N) is 3. The van der Waals surface area contributed by atoms with Crippen molar-refractivity contribution < 1.29 is 4.79 Å². The Morgan fingerprint density at radius 3 is 2.84 bits per heavy atom. The van der Waals surface area contributed by atoms with Gasteiger partial charge in [0.2, 0.25) is 5.91 Å². The van der Waals surface area contributed by atoms with E-state index in [1.807, 2.05) is 35.7 Å². The average Bonchev–Trinajstić information content (AvgIpc) is 3.37. The minimum absolute atomic E-state index is 0.153. The Morgan fingerprint density at radius 1 is 1.23 bits per heavy atom. The lowest BCUT2D eigenvalue weighted by Crippen LogP contribution is -2.27. The van der Waals surface area contributed by atoms with Gasteiger partial charge < -0.3 is 5.32 Å². The topological polar surface area (TPSA) is 87.8 Å². The van der Waals surface area contributed by atoms with Gasteiger partial charge in [0.25, 0.3) is 5.56 Å². The van der Waals surface area contributed by atoms with Crippen LogP contribution < -0.4 is 10.9 Å². The van der Waals surface area contributed by atoms with Crippen LogP contribution in [0, 0.1) is 11.3 Å². The first-order chi connectivity index (χ1) is 15.2. The summed E-state index contributed by atoms with van der Waals surface area (Å²) in [5.74, 6) is -0.338. The van der Waals surface area contributed by atoms with E-state index in [0.717, 1.165) is 42.4 Å². The molecule has 154 valence electrons. The number of thiophene rings is 2. The van der Waals surface area contributed by atoms with Crippen molar-refractivity contribution in [2.75, 3.05) is 5.32 Å². The molecule has 1 amide bonds. The van der Waals surface area contributed by atoms with Crippen molar-refractivity contribution in [1.82, 2.24) is 9.55 Å². The maximum atomic E-state index is 13.2. The van der Waals surface area contributed by atoms with E-state index in [9.17, 15) is 14.9 Å². The standard InChI is InChI=1S/C23H18N4O2S2/c24-10-16-15-8-4-5-9-18(15)31-21(16)26-19(28)11-27-13-25-22-20(23(27)29)17(12-30-22)14-6-2-1-3-7-14/h1-3,6-7,12-13H,4-5,8-9,11H2,(H,26,28). The number of nitrogens with one attached hydrogen (secondary N) is 1. The fourth-order valence-electron chi connectivity index (χ4n) is 4.00. The highest BCUT2D eigenvalue weighted by molar-refractivity contribution is 7.17. The number of anilines is 1. The first-order valence-corrected chi connectivity index (χ1v) is 11.7. The molecule has 1 aliphatic carbocycles. The quantitative estimate of drug-likeness (QED) is 0.497. The van der Waals surface area contributed by atoms with Gasteiger partial charge in [-0.25, -0.2) is 4.98 Å². The number of carbonyl (C=O) groups excluding carboxylic acids is 1. The third-order valence-corrected chi connectivity index (χ3v) is 7.59. The predicted octanol–water partition coefficient (Wildman–Crippen LogP) is 4.58. The fourth-order valence-corrected chi connectivity index (χ4v) is 6.17. The van der Waals surface area contributed by atoms with Gasteiger partial charge in [0.05, 0.1) is 17.3 Å². The molecule has 0 atom stereocenters. The molecule has 0 bridgehead atoms. The van der Waals surface area contributed by atoms with Crippen molar-refractivity contribution in [2.45, 2.75) is 32.2 Å². The molecule has 6 nitrogen and oxygen atoms in total. The Hall–Kier alpha value is -3.28. The zero-order valence-electron chi connectivity index (χ0n) is 16.6. The van der Waals surface area contributed by atoms with E-state index >= 15 is 0 Å². The van der Waals surface area contributed by atoms with E-state index in [-0.39, 0.29) is 18.0 Å². The molecule has 0 aliphatic heterocycles. The van der Waals surface area contributed by atoms with Gasteiger partial charge in [-0.05, 0) is 36.8 Å². The molecule has 0 unspecified atom stereocenters. The average molecular weight is 447 g/mol. The van der Waals surface area contributed by atoms with Crippen molar-refractivity contribution in [3.8, 4) is 17.2 Å². The molecule has 3 aromatic heterocycles. The number of amides is 1. The lowest BCUT2D eigenvalue weighted by atomic mass is 9.96. The first-order valence-electron chi connectivity index (χ1n) is 10.0. The van der Waals surface area contributed by atoms with Crippen molar-refractivity contribution in [2.24, 2.45) is 0 Å². The Morgan fingerprint density at radius 2 is 2.03 bits per heavy atom. The molecule has 3 heterocycles. The Kier molecular flexibility index (Phi) is 5.14. The number of aromatic nitrogens is 2. The van der Waals surface area contributed by atoms with E-state index in [4.69, 9.17) is 0 Å². The van der Waals surface area contributed by atoms with Gasteiger partial charge in [0.15, 0.2) is 0 Å². The second-order valence-corrected chi connectivity index (χ2v) is 9.41. The third kappa shape index (κ3) is 3.56. The Balaban J connectivity index is 1.44.